The van der Waals surface area contributed by atoms with Crippen LogP contribution in [0.3, 0.4) is 0 Å². The van der Waals surface area contributed by atoms with Gasteiger partial charge in [-0.15, -0.1) is 6.58 Å². The van der Waals surface area contributed by atoms with Crippen LogP contribution in [0, 0.1) is 5.92 Å². The number of hydrogen-bond acceptors (Lipinski definition) is 0. The summed E-state index contributed by atoms with van der Waals surface area (Å²) in [6.45, 7) is 7.66. The Bertz CT molecular complexity index is 99.0. The van der Waals surface area contributed by atoms with Crippen LogP contribution in [-0.4, -0.2) is 6.17 Å². The normalized spacial score (nSPS) is 15.9. The fourth-order valence-corrected chi connectivity index (χ4v) is 1.19. The van der Waals surface area contributed by atoms with E-state index in [4.69, 9.17) is 0 Å². The lowest BCUT2D eigenvalue weighted by Crippen LogP contribution is -2.07. The molecule has 0 aromatic heterocycles. The van der Waals surface area contributed by atoms with Crippen molar-refractivity contribution >= 4 is 0 Å². The largest absolute Gasteiger partial charge is 0.247 e. The van der Waals surface area contributed by atoms with E-state index in [0.29, 0.717) is 18.8 Å². The van der Waals surface area contributed by atoms with Gasteiger partial charge in [-0.2, -0.15) is 0 Å². The first kappa shape index (κ1) is 10.7. The van der Waals surface area contributed by atoms with Crippen molar-refractivity contribution in [1.82, 2.24) is 0 Å². The molecule has 0 rings (SSSR count). The molecular formula is C10H19F. The molecule has 0 bridgehead atoms. The van der Waals surface area contributed by atoms with Crippen LogP contribution in [-0.2, 0) is 0 Å². The van der Waals surface area contributed by atoms with Gasteiger partial charge in [0.05, 0.1) is 0 Å². The molecule has 11 heavy (non-hydrogen) atoms. The van der Waals surface area contributed by atoms with Gasteiger partial charge in [-0.3, -0.25) is 0 Å². The number of halogens is 1. The average molecular weight is 158 g/mol. The van der Waals surface area contributed by atoms with Gasteiger partial charge in [0.1, 0.15) is 6.17 Å². The number of rotatable bonds is 6. The van der Waals surface area contributed by atoms with Crippen LogP contribution in [0.4, 0.5) is 4.39 Å². The summed E-state index contributed by atoms with van der Waals surface area (Å²) in [5.74, 6) is 0.502. The van der Waals surface area contributed by atoms with E-state index < -0.39 is 6.17 Å². The zero-order valence-electron chi connectivity index (χ0n) is 7.65. The summed E-state index contributed by atoms with van der Waals surface area (Å²) in [7, 11) is 0. The van der Waals surface area contributed by atoms with Crippen molar-refractivity contribution in [1.29, 1.82) is 0 Å². The van der Waals surface area contributed by atoms with E-state index in [1.165, 1.54) is 0 Å². The van der Waals surface area contributed by atoms with Crippen LogP contribution in [0.5, 0.6) is 0 Å². The average Bonchev–Trinajstić information content (AvgIpc) is 2.03. The summed E-state index contributed by atoms with van der Waals surface area (Å²) >= 11 is 0. The fraction of sp³-hybridized carbons (Fsp3) is 0.800. The van der Waals surface area contributed by atoms with Gasteiger partial charge in [0.25, 0.3) is 0 Å². The second-order valence-electron chi connectivity index (χ2n) is 3.04. The van der Waals surface area contributed by atoms with Crippen molar-refractivity contribution in [3.8, 4) is 0 Å². The first-order chi connectivity index (χ1) is 5.24. The fourth-order valence-electron chi connectivity index (χ4n) is 1.19. The molecule has 0 unspecified atom stereocenters. The van der Waals surface area contributed by atoms with Gasteiger partial charge in [0, 0.05) is 0 Å². The van der Waals surface area contributed by atoms with E-state index in [1.54, 1.807) is 0 Å². The van der Waals surface area contributed by atoms with E-state index in [9.17, 15) is 4.39 Å². The van der Waals surface area contributed by atoms with Crippen LogP contribution in [0.15, 0.2) is 12.7 Å². The summed E-state index contributed by atoms with van der Waals surface area (Å²) < 4.78 is 12.9. The summed E-state index contributed by atoms with van der Waals surface area (Å²) in [5.41, 5.74) is 0. The third-order valence-electron chi connectivity index (χ3n) is 2.11. The summed E-state index contributed by atoms with van der Waals surface area (Å²) in [4.78, 5) is 0. The van der Waals surface area contributed by atoms with Gasteiger partial charge in [0.15, 0.2) is 0 Å². The Balaban J connectivity index is 3.57. The Morgan fingerprint density at radius 1 is 1.36 bits per heavy atom. The molecule has 0 radical (unpaired) electrons. The SMILES string of the molecule is C=CC[C@H](CC)C[C@H](F)CC. The molecule has 0 aliphatic rings. The topological polar surface area (TPSA) is 0 Å². The molecular weight excluding hydrogens is 139 g/mol. The zero-order chi connectivity index (χ0) is 8.69. The molecule has 1 heteroatoms. The lowest BCUT2D eigenvalue weighted by atomic mass is 9.95. The van der Waals surface area contributed by atoms with Crippen LogP contribution in [0.2, 0.25) is 0 Å². The van der Waals surface area contributed by atoms with Gasteiger partial charge in [-0.1, -0.05) is 26.3 Å². The molecule has 0 saturated heterocycles. The van der Waals surface area contributed by atoms with E-state index in [0.717, 1.165) is 12.8 Å². The van der Waals surface area contributed by atoms with Gasteiger partial charge < -0.3 is 0 Å². The minimum Gasteiger partial charge on any atom is -0.247 e. The van der Waals surface area contributed by atoms with E-state index in [2.05, 4.69) is 13.5 Å². The van der Waals surface area contributed by atoms with Crippen molar-refractivity contribution in [3.05, 3.63) is 12.7 Å². The standard InChI is InChI=1S/C10H19F/c1-4-7-9(5-2)8-10(11)6-3/h4,9-10H,1,5-8H2,2-3H3/t9-,10+/m0/s1. The molecule has 0 heterocycles. The summed E-state index contributed by atoms with van der Waals surface area (Å²) in [6, 6.07) is 0. The highest BCUT2D eigenvalue weighted by molar-refractivity contribution is 4.74. The highest BCUT2D eigenvalue weighted by Crippen LogP contribution is 2.18. The molecule has 0 amide bonds. The number of hydrogen-bond donors (Lipinski definition) is 0. The summed E-state index contributed by atoms with van der Waals surface area (Å²) in [5, 5.41) is 0. The highest BCUT2D eigenvalue weighted by atomic mass is 19.1. The lowest BCUT2D eigenvalue weighted by molar-refractivity contribution is 0.257. The molecule has 0 aliphatic carbocycles. The predicted molar refractivity (Wildman–Crippen MR) is 48.4 cm³/mol. The summed E-state index contributed by atoms with van der Waals surface area (Å²) in [6.07, 6.45) is 4.65. The maximum absolute atomic E-state index is 12.9. The monoisotopic (exact) mass is 158 g/mol. The minimum atomic E-state index is -0.611. The van der Waals surface area contributed by atoms with Gasteiger partial charge in [-0.05, 0) is 25.2 Å². The number of allylic oxidation sites excluding steroid dienone is 1. The van der Waals surface area contributed by atoms with Gasteiger partial charge in [0.2, 0.25) is 0 Å². The Labute approximate surface area is 69.5 Å². The minimum absolute atomic E-state index is 0.502. The Morgan fingerprint density at radius 2 is 2.00 bits per heavy atom. The van der Waals surface area contributed by atoms with E-state index in [1.807, 2.05) is 13.0 Å². The number of alkyl halides is 1. The van der Waals surface area contributed by atoms with Crippen molar-refractivity contribution in [2.45, 2.75) is 45.7 Å². The van der Waals surface area contributed by atoms with Crippen molar-refractivity contribution in [2.75, 3.05) is 0 Å². The van der Waals surface area contributed by atoms with Crippen LogP contribution in [0.1, 0.15) is 39.5 Å². The van der Waals surface area contributed by atoms with Gasteiger partial charge in [-0.25, -0.2) is 4.39 Å². The zero-order valence-corrected chi connectivity index (χ0v) is 7.65. The lowest BCUT2D eigenvalue weighted by Gasteiger charge is -2.14. The second kappa shape index (κ2) is 6.38. The van der Waals surface area contributed by atoms with Gasteiger partial charge >= 0.3 is 0 Å². The maximum Gasteiger partial charge on any atom is 0.100 e. The molecule has 0 aromatic carbocycles. The predicted octanol–water partition coefficient (Wildman–Crippen LogP) is 3.73. The molecule has 0 spiro atoms. The third kappa shape index (κ3) is 5.00. The Kier molecular flexibility index (Phi) is 6.19. The molecule has 66 valence electrons. The van der Waals surface area contributed by atoms with Crippen LogP contribution >= 0.6 is 0 Å². The first-order valence-corrected chi connectivity index (χ1v) is 4.49. The maximum atomic E-state index is 12.9. The molecule has 0 N–H and O–H groups in total. The molecule has 0 fully saturated rings. The molecule has 0 aliphatic heterocycles. The van der Waals surface area contributed by atoms with Crippen molar-refractivity contribution in [2.24, 2.45) is 5.92 Å². The van der Waals surface area contributed by atoms with E-state index in [-0.39, 0.29) is 0 Å². The van der Waals surface area contributed by atoms with Crippen molar-refractivity contribution in [3.63, 3.8) is 0 Å². The van der Waals surface area contributed by atoms with Crippen LogP contribution < -0.4 is 0 Å². The molecule has 0 nitrogen and oxygen atoms in total. The smallest absolute Gasteiger partial charge is 0.100 e. The van der Waals surface area contributed by atoms with E-state index >= 15 is 0 Å². The van der Waals surface area contributed by atoms with Crippen LogP contribution in [0.25, 0.3) is 0 Å². The second-order valence-corrected chi connectivity index (χ2v) is 3.04. The molecule has 2 atom stereocenters. The Hall–Kier alpha value is -0.330. The Morgan fingerprint density at radius 3 is 2.36 bits per heavy atom. The quantitative estimate of drug-likeness (QED) is 0.517. The molecule has 0 saturated carbocycles. The molecule has 0 aromatic rings. The highest BCUT2D eigenvalue weighted by Gasteiger charge is 2.10. The van der Waals surface area contributed by atoms with Crippen molar-refractivity contribution < 1.29 is 4.39 Å². The first-order valence-electron chi connectivity index (χ1n) is 4.49. The third-order valence-corrected chi connectivity index (χ3v) is 2.11.